The summed E-state index contributed by atoms with van der Waals surface area (Å²) in [6.07, 6.45) is 2.16. The standard InChI is InChI=1S/C21H25N3O3/c25-20(17-6-2-1-3-7-17)9-10-21(26)23-16-19(18-8-4-5-11-22-18)24-12-14-27-15-13-24/h1-8,11,19H,9-10,12-16H2,(H,23,26)/t19-/m1/s1. The van der Waals surface area contributed by atoms with Gasteiger partial charge >= 0.3 is 0 Å². The van der Waals surface area contributed by atoms with Gasteiger partial charge in [-0.3, -0.25) is 19.5 Å². The van der Waals surface area contributed by atoms with Crippen molar-refractivity contribution in [3.05, 3.63) is 66.0 Å². The number of morpholine rings is 1. The van der Waals surface area contributed by atoms with E-state index in [1.807, 2.05) is 36.4 Å². The number of carbonyl (C=O) groups excluding carboxylic acids is 2. The lowest BCUT2D eigenvalue weighted by Gasteiger charge is -2.34. The summed E-state index contributed by atoms with van der Waals surface area (Å²) in [5, 5.41) is 2.97. The number of aromatic nitrogens is 1. The van der Waals surface area contributed by atoms with Crippen LogP contribution in [-0.4, -0.2) is 54.4 Å². The zero-order valence-corrected chi connectivity index (χ0v) is 15.3. The second kappa shape index (κ2) is 9.94. The fourth-order valence-corrected chi connectivity index (χ4v) is 3.18. The van der Waals surface area contributed by atoms with Crippen LogP contribution >= 0.6 is 0 Å². The molecule has 0 saturated carbocycles. The van der Waals surface area contributed by atoms with E-state index in [0.29, 0.717) is 25.3 Å². The summed E-state index contributed by atoms with van der Waals surface area (Å²) in [5.41, 5.74) is 1.57. The Morgan fingerprint density at radius 1 is 1.04 bits per heavy atom. The molecule has 1 amide bonds. The van der Waals surface area contributed by atoms with Crippen molar-refractivity contribution in [2.45, 2.75) is 18.9 Å². The SMILES string of the molecule is O=C(CCC(=O)c1ccccc1)NC[C@H](c1ccccn1)N1CCOCC1. The molecular formula is C21H25N3O3. The van der Waals surface area contributed by atoms with Crippen molar-refractivity contribution in [3.8, 4) is 0 Å². The predicted octanol–water partition coefficient (Wildman–Crippen LogP) is 2.23. The maximum atomic E-state index is 12.3. The highest BCUT2D eigenvalue weighted by Gasteiger charge is 2.24. The second-order valence-electron chi connectivity index (χ2n) is 6.51. The fourth-order valence-electron chi connectivity index (χ4n) is 3.18. The van der Waals surface area contributed by atoms with Crippen LogP contribution in [0, 0.1) is 0 Å². The van der Waals surface area contributed by atoms with Gasteiger partial charge in [0.1, 0.15) is 0 Å². The minimum Gasteiger partial charge on any atom is -0.379 e. The Labute approximate surface area is 159 Å². The van der Waals surface area contributed by atoms with Gasteiger partial charge in [-0.2, -0.15) is 0 Å². The maximum absolute atomic E-state index is 12.3. The van der Waals surface area contributed by atoms with E-state index in [-0.39, 0.29) is 30.6 Å². The summed E-state index contributed by atoms with van der Waals surface area (Å²) >= 11 is 0. The number of ketones is 1. The number of hydrogen-bond acceptors (Lipinski definition) is 5. The van der Waals surface area contributed by atoms with Crippen molar-refractivity contribution in [2.24, 2.45) is 0 Å². The maximum Gasteiger partial charge on any atom is 0.220 e. The molecule has 0 unspecified atom stereocenters. The van der Waals surface area contributed by atoms with Gasteiger partial charge in [0.2, 0.25) is 5.91 Å². The van der Waals surface area contributed by atoms with Crippen LogP contribution in [-0.2, 0) is 9.53 Å². The molecular weight excluding hydrogens is 342 g/mol. The molecule has 1 aliphatic rings. The molecule has 0 bridgehead atoms. The monoisotopic (exact) mass is 367 g/mol. The first-order valence-electron chi connectivity index (χ1n) is 9.32. The van der Waals surface area contributed by atoms with E-state index in [9.17, 15) is 9.59 Å². The van der Waals surface area contributed by atoms with Crippen molar-refractivity contribution in [2.75, 3.05) is 32.8 Å². The van der Waals surface area contributed by atoms with E-state index in [1.165, 1.54) is 0 Å². The summed E-state index contributed by atoms with van der Waals surface area (Å²) in [6.45, 7) is 3.45. The number of ether oxygens (including phenoxy) is 1. The smallest absolute Gasteiger partial charge is 0.220 e. The Hall–Kier alpha value is -2.57. The number of carbonyl (C=O) groups is 2. The van der Waals surface area contributed by atoms with Gasteiger partial charge in [-0.15, -0.1) is 0 Å². The molecule has 1 N–H and O–H groups in total. The highest BCUT2D eigenvalue weighted by molar-refractivity contribution is 5.97. The molecule has 1 aromatic carbocycles. The van der Waals surface area contributed by atoms with Crippen molar-refractivity contribution >= 4 is 11.7 Å². The molecule has 0 spiro atoms. The third-order valence-electron chi connectivity index (χ3n) is 4.68. The van der Waals surface area contributed by atoms with Gasteiger partial charge in [-0.1, -0.05) is 36.4 Å². The normalized spacial score (nSPS) is 15.9. The van der Waals surface area contributed by atoms with Crippen LogP contribution in [0.15, 0.2) is 54.7 Å². The van der Waals surface area contributed by atoms with Gasteiger partial charge in [0.15, 0.2) is 5.78 Å². The molecule has 0 aliphatic carbocycles. The number of nitrogens with zero attached hydrogens (tertiary/aromatic N) is 2. The Bertz CT molecular complexity index is 731. The molecule has 1 atom stereocenters. The number of Topliss-reactive ketones (excluding diaryl/α,β-unsaturated/α-hetero) is 1. The van der Waals surface area contributed by atoms with Crippen LogP contribution in [0.25, 0.3) is 0 Å². The van der Waals surface area contributed by atoms with E-state index in [0.717, 1.165) is 18.8 Å². The van der Waals surface area contributed by atoms with Crippen LogP contribution in [0.1, 0.15) is 34.9 Å². The largest absolute Gasteiger partial charge is 0.379 e. The van der Waals surface area contributed by atoms with Crippen molar-refractivity contribution in [3.63, 3.8) is 0 Å². The minimum absolute atomic E-state index is 0.00359. The summed E-state index contributed by atoms with van der Waals surface area (Å²) in [5.74, 6) is -0.131. The third-order valence-corrected chi connectivity index (χ3v) is 4.68. The highest BCUT2D eigenvalue weighted by Crippen LogP contribution is 2.19. The average Bonchev–Trinajstić information content (AvgIpc) is 2.74. The first-order chi connectivity index (χ1) is 13.2. The summed E-state index contributed by atoms with van der Waals surface area (Å²) in [6, 6.07) is 14.9. The van der Waals surface area contributed by atoms with Gasteiger partial charge in [0.05, 0.1) is 24.9 Å². The Morgan fingerprint density at radius 2 is 1.78 bits per heavy atom. The summed E-state index contributed by atoms with van der Waals surface area (Å²) in [4.78, 5) is 31.2. The minimum atomic E-state index is -0.117. The third kappa shape index (κ3) is 5.70. The zero-order chi connectivity index (χ0) is 18.9. The molecule has 6 nitrogen and oxygen atoms in total. The molecule has 142 valence electrons. The zero-order valence-electron chi connectivity index (χ0n) is 15.3. The molecule has 27 heavy (non-hydrogen) atoms. The van der Waals surface area contributed by atoms with E-state index >= 15 is 0 Å². The fraction of sp³-hybridized carbons (Fsp3) is 0.381. The van der Waals surface area contributed by atoms with E-state index in [2.05, 4.69) is 15.2 Å². The van der Waals surface area contributed by atoms with Crippen LogP contribution < -0.4 is 5.32 Å². The molecule has 1 aliphatic heterocycles. The number of nitrogens with one attached hydrogen (secondary N) is 1. The number of hydrogen-bond donors (Lipinski definition) is 1. The Balaban J connectivity index is 1.53. The van der Waals surface area contributed by atoms with Gasteiger partial charge < -0.3 is 10.1 Å². The summed E-state index contributed by atoms with van der Waals surface area (Å²) < 4.78 is 5.43. The molecule has 1 saturated heterocycles. The first kappa shape index (κ1) is 19.2. The molecule has 6 heteroatoms. The van der Waals surface area contributed by atoms with Gasteiger partial charge in [-0.05, 0) is 12.1 Å². The second-order valence-corrected chi connectivity index (χ2v) is 6.51. The Morgan fingerprint density at radius 3 is 2.48 bits per heavy atom. The van der Waals surface area contributed by atoms with Gasteiger partial charge in [0, 0.05) is 44.2 Å². The van der Waals surface area contributed by atoms with E-state index < -0.39 is 0 Å². The van der Waals surface area contributed by atoms with Gasteiger partial charge in [-0.25, -0.2) is 0 Å². The molecule has 2 aromatic rings. The predicted molar refractivity (Wildman–Crippen MR) is 102 cm³/mol. The number of amides is 1. The van der Waals surface area contributed by atoms with Crippen molar-refractivity contribution in [1.82, 2.24) is 15.2 Å². The lowest BCUT2D eigenvalue weighted by Crippen LogP contribution is -2.44. The number of pyridine rings is 1. The molecule has 0 radical (unpaired) electrons. The molecule has 3 rings (SSSR count). The number of benzene rings is 1. The lowest BCUT2D eigenvalue weighted by molar-refractivity contribution is -0.121. The van der Waals surface area contributed by atoms with Crippen molar-refractivity contribution in [1.29, 1.82) is 0 Å². The number of rotatable bonds is 8. The molecule has 1 fully saturated rings. The van der Waals surface area contributed by atoms with Crippen LogP contribution in [0.5, 0.6) is 0 Å². The topological polar surface area (TPSA) is 71.5 Å². The van der Waals surface area contributed by atoms with Crippen LogP contribution in [0.4, 0.5) is 0 Å². The highest BCUT2D eigenvalue weighted by atomic mass is 16.5. The van der Waals surface area contributed by atoms with Crippen molar-refractivity contribution < 1.29 is 14.3 Å². The van der Waals surface area contributed by atoms with E-state index in [1.54, 1.807) is 18.3 Å². The first-order valence-corrected chi connectivity index (χ1v) is 9.32. The van der Waals surface area contributed by atoms with Crippen LogP contribution in [0.3, 0.4) is 0 Å². The van der Waals surface area contributed by atoms with Gasteiger partial charge in [0.25, 0.3) is 0 Å². The van der Waals surface area contributed by atoms with E-state index in [4.69, 9.17) is 4.74 Å². The quantitative estimate of drug-likeness (QED) is 0.725. The Kier molecular flexibility index (Phi) is 7.07. The average molecular weight is 367 g/mol. The molecule has 1 aromatic heterocycles. The van der Waals surface area contributed by atoms with Crippen LogP contribution in [0.2, 0.25) is 0 Å². The molecule has 2 heterocycles. The summed E-state index contributed by atoms with van der Waals surface area (Å²) in [7, 11) is 0. The lowest BCUT2D eigenvalue weighted by atomic mass is 10.1.